The lowest BCUT2D eigenvalue weighted by Gasteiger charge is -2.16. The van der Waals surface area contributed by atoms with Gasteiger partial charge in [-0.3, -0.25) is 4.79 Å². The first-order valence-electron chi connectivity index (χ1n) is 10.4. The first-order chi connectivity index (χ1) is 16.1. The first-order valence-corrected chi connectivity index (χ1v) is 13.1. The Morgan fingerprint density at radius 1 is 0.882 bits per heavy atom. The topological polar surface area (TPSA) is 68.2 Å². The quantitative estimate of drug-likeness (QED) is 0.322. The number of aryl methyl sites for hydroxylation is 1. The molecule has 0 saturated heterocycles. The fourth-order valence-electron chi connectivity index (χ4n) is 3.95. The molecule has 0 aliphatic rings. The largest absolute Gasteiger partial charge is 0.322 e. The minimum Gasteiger partial charge on any atom is -0.322 e. The predicted octanol–water partition coefficient (Wildman–Crippen LogP) is 6.72. The Morgan fingerprint density at radius 2 is 1.56 bits per heavy atom. The summed E-state index contributed by atoms with van der Waals surface area (Å²) in [7, 11) is -3.31. The summed E-state index contributed by atoms with van der Waals surface area (Å²) in [5.41, 5.74) is 5.21. The summed E-state index contributed by atoms with van der Waals surface area (Å²) in [6, 6.07) is 21.0. The number of aromatic nitrogens is 1. The highest BCUT2D eigenvalue weighted by Crippen LogP contribution is 2.36. The van der Waals surface area contributed by atoms with Gasteiger partial charge in [-0.1, -0.05) is 41.4 Å². The lowest BCUT2D eigenvalue weighted by Crippen LogP contribution is -2.13. The van der Waals surface area contributed by atoms with Crippen LogP contribution in [0.25, 0.3) is 16.8 Å². The second-order valence-electron chi connectivity index (χ2n) is 8.01. The number of sulfone groups is 1. The molecule has 4 aromatic rings. The normalized spacial score (nSPS) is 11.4. The Hall–Kier alpha value is -3.06. The number of benzene rings is 3. The van der Waals surface area contributed by atoms with Gasteiger partial charge >= 0.3 is 0 Å². The zero-order valence-corrected chi connectivity index (χ0v) is 21.1. The molecule has 1 N–H and O–H groups in total. The molecule has 0 spiro atoms. The van der Waals surface area contributed by atoms with Crippen LogP contribution >= 0.6 is 23.2 Å². The number of carbonyl (C=O) groups excluding carboxylic acids is 1. The molecule has 0 aliphatic carbocycles. The number of nitrogens with zero attached hydrogens (tertiary/aromatic N) is 1. The maximum absolute atomic E-state index is 13.1. The Morgan fingerprint density at radius 3 is 2.24 bits per heavy atom. The number of hydrogen-bond acceptors (Lipinski definition) is 3. The number of halogens is 2. The highest BCUT2D eigenvalue weighted by molar-refractivity contribution is 7.90. The van der Waals surface area contributed by atoms with Gasteiger partial charge < -0.3 is 9.88 Å². The zero-order chi connectivity index (χ0) is 24.6. The number of rotatable bonds is 5. The molecule has 0 atom stereocenters. The van der Waals surface area contributed by atoms with Gasteiger partial charge in [0.1, 0.15) is 0 Å². The van der Waals surface area contributed by atoms with Gasteiger partial charge in [0, 0.05) is 44.5 Å². The van der Waals surface area contributed by atoms with Gasteiger partial charge in [-0.25, -0.2) is 8.42 Å². The van der Waals surface area contributed by atoms with Crippen molar-refractivity contribution in [3.05, 3.63) is 99.8 Å². The molecule has 1 heterocycles. The Bertz CT molecular complexity index is 1510. The molecule has 0 bridgehead atoms. The average molecular weight is 513 g/mol. The molecule has 0 radical (unpaired) electrons. The average Bonchev–Trinajstić information content (AvgIpc) is 3.09. The van der Waals surface area contributed by atoms with Gasteiger partial charge in [-0.05, 0) is 68.4 Å². The van der Waals surface area contributed by atoms with E-state index in [9.17, 15) is 13.2 Å². The van der Waals surface area contributed by atoms with Crippen molar-refractivity contribution >= 4 is 44.6 Å². The van der Waals surface area contributed by atoms with E-state index >= 15 is 0 Å². The second-order valence-corrected chi connectivity index (χ2v) is 10.9. The lowest BCUT2D eigenvalue weighted by molar-refractivity contribution is 0.102. The summed E-state index contributed by atoms with van der Waals surface area (Å²) in [5, 5.41) is 4.01. The maximum Gasteiger partial charge on any atom is 0.257 e. The van der Waals surface area contributed by atoms with Crippen molar-refractivity contribution in [3.63, 3.8) is 0 Å². The number of anilines is 1. The Balaban J connectivity index is 1.72. The van der Waals surface area contributed by atoms with Crippen LogP contribution in [0.5, 0.6) is 0 Å². The number of para-hydroxylation sites is 1. The monoisotopic (exact) mass is 512 g/mol. The standard InChI is InChI=1S/C26H22Cl2N2O3S/c1-16-14-22(26(31)29-19-9-11-20(12-10-19)34(3,32)33)17(2)30(16)25-7-5-4-6-21(25)23-15-18(27)8-13-24(23)28/h4-15H,1-3H3,(H,29,31). The molecule has 0 unspecified atom stereocenters. The van der Waals surface area contributed by atoms with Crippen molar-refractivity contribution in [2.45, 2.75) is 18.7 Å². The summed E-state index contributed by atoms with van der Waals surface area (Å²) in [6.07, 6.45) is 1.14. The van der Waals surface area contributed by atoms with Gasteiger partial charge in [0.15, 0.2) is 9.84 Å². The van der Waals surface area contributed by atoms with Crippen LogP contribution < -0.4 is 5.32 Å². The van der Waals surface area contributed by atoms with Crippen molar-refractivity contribution in [1.82, 2.24) is 4.57 Å². The van der Waals surface area contributed by atoms with E-state index in [1.54, 1.807) is 24.3 Å². The molecule has 5 nitrogen and oxygen atoms in total. The lowest BCUT2D eigenvalue weighted by atomic mass is 10.0. The third-order valence-corrected chi connectivity index (χ3v) is 7.27. The molecule has 0 saturated carbocycles. The minimum atomic E-state index is -3.31. The van der Waals surface area contributed by atoms with Crippen LogP contribution in [0.4, 0.5) is 5.69 Å². The third-order valence-electron chi connectivity index (χ3n) is 5.58. The predicted molar refractivity (Wildman–Crippen MR) is 138 cm³/mol. The highest BCUT2D eigenvalue weighted by atomic mass is 35.5. The molecule has 174 valence electrons. The van der Waals surface area contributed by atoms with Crippen LogP contribution in [0.15, 0.2) is 77.7 Å². The molecule has 0 fully saturated rings. The first kappa shape index (κ1) is 24.1. The smallest absolute Gasteiger partial charge is 0.257 e. The third kappa shape index (κ3) is 4.75. The molecular formula is C26H22Cl2N2O3S. The summed E-state index contributed by atoms with van der Waals surface area (Å²) in [4.78, 5) is 13.3. The van der Waals surface area contributed by atoms with Crippen LogP contribution in [0, 0.1) is 13.8 Å². The van der Waals surface area contributed by atoms with E-state index in [4.69, 9.17) is 23.2 Å². The van der Waals surface area contributed by atoms with Crippen molar-refractivity contribution in [2.24, 2.45) is 0 Å². The minimum absolute atomic E-state index is 0.194. The maximum atomic E-state index is 13.1. The van der Waals surface area contributed by atoms with Crippen molar-refractivity contribution in [3.8, 4) is 16.8 Å². The van der Waals surface area contributed by atoms with Crippen molar-refractivity contribution < 1.29 is 13.2 Å². The van der Waals surface area contributed by atoms with Crippen LogP contribution in [-0.2, 0) is 9.84 Å². The summed E-state index contributed by atoms with van der Waals surface area (Å²) in [5.74, 6) is -0.287. The van der Waals surface area contributed by atoms with E-state index in [0.29, 0.717) is 21.3 Å². The van der Waals surface area contributed by atoms with Crippen LogP contribution in [0.1, 0.15) is 21.7 Å². The Labute approximate surface area is 208 Å². The van der Waals surface area contributed by atoms with Crippen LogP contribution in [-0.4, -0.2) is 25.1 Å². The van der Waals surface area contributed by atoms with Gasteiger partial charge in [0.2, 0.25) is 0 Å². The molecule has 1 amide bonds. The number of carbonyl (C=O) groups is 1. The fourth-order valence-corrected chi connectivity index (χ4v) is 4.97. The summed E-state index contributed by atoms with van der Waals surface area (Å²) in [6.45, 7) is 3.81. The molecule has 8 heteroatoms. The molecular weight excluding hydrogens is 491 g/mol. The van der Waals surface area contributed by atoms with E-state index in [2.05, 4.69) is 5.32 Å². The fraction of sp³-hybridized carbons (Fsp3) is 0.115. The molecule has 34 heavy (non-hydrogen) atoms. The SMILES string of the molecule is Cc1cc(C(=O)Nc2ccc(S(C)(=O)=O)cc2)c(C)n1-c1ccccc1-c1cc(Cl)ccc1Cl. The van der Waals surface area contributed by atoms with Gasteiger partial charge in [-0.15, -0.1) is 0 Å². The molecule has 0 aliphatic heterocycles. The van der Waals surface area contributed by atoms with Crippen molar-refractivity contribution in [1.29, 1.82) is 0 Å². The highest BCUT2D eigenvalue weighted by Gasteiger charge is 2.20. The van der Waals surface area contributed by atoms with Crippen LogP contribution in [0.3, 0.4) is 0 Å². The van der Waals surface area contributed by atoms with E-state index in [1.165, 1.54) is 12.1 Å². The molecule has 3 aromatic carbocycles. The number of hydrogen-bond donors (Lipinski definition) is 1. The van der Waals surface area contributed by atoms with Crippen LogP contribution in [0.2, 0.25) is 10.0 Å². The van der Waals surface area contributed by atoms with Gasteiger partial charge in [-0.2, -0.15) is 0 Å². The van der Waals surface area contributed by atoms with E-state index < -0.39 is 9.84 Å². The van der Waals surface area contributed by atoms with Gasteiger partial charge in [0.25, 0.3) is 5.91 Å². The number of amides is 1. The summed E-state index contributed by atoms with van der Waals surface area (Å²) < 4.78 is 25.4. The van der Waals surface area contributed by atoms with Gasteiger partial charge in [0.05, 0.1) is 16.1 Å². The molecule has 1 aromatic heterocycles. The Kier molecular flexibility index (Phi) is 6.58. The second kappa shape index (κ2) is 9.29. The van der Waals surface area contributed by atoms with E-state index in [-0.39, 0.29) is 10.8 Å². The summed E-state index contributed by atoms with van der Waals surface area (Å²) >= 11 is 12.7. The van der Waals surface area contributed by atoms with E-state index in [1.807, 2.05) is 54.8 Å². The van der Waals surface area contributed by atoms with E-state index in [0.717, 1.165) is 34.5 Å². The number of nitrogens with one attached hydrogen (secondary N) is 1. The zero-order valence-electron chi connectivity index (χ0n) is 18.8. The van der Waals surface area contributed by atoms with Crippen molar-refractivity contribution in [2.75, 3.05) is 11.6 Å². The molecule has 4 rings (SSSR count).